The van der Waals surface area contributed by atoms with Crippen molar-refractivity contribution in [2.24, 2.45) is 5.41 Å². The van der Waals surface area contributed by atoms with Crippen LogP contribution in [0.4, 0.5) is 0 Å². The van der Waals surface area contributed by atoms with E-state index >= 15 is 0 Å². The Morgan fingerprint density at radius 3 is 2.63 bits per heavy atom. The number of aryl methyl sites for hydroxylation is 1. The Balaban J connectivity index is 0.000000185. The van der Waals surface area contributed by atoms with Gasteiger partial charge >= 0.3 is 0 Å². The van der Waals surface area contributed by atoms with Crippen molar-refractivity contribution in [3.8, 4) is 22.6 Å². The molecule has 0 spiro atoms. The molecule has 0 aliphatic carbocycles. The second-order valence-electron chi connectivity index (χ2n) is 12.4. The minimum atomic E-state index is -2.32. The van der Waals surface area contributed by atoms with Crippen LogP contribution in [-0.2, 0) is 26.5 Å². The standard InChI is InChI=1S/C22H21N2O.C18H15N2.Ir/c1-14-8-9-17-16-6-5-7-18(20(16)25-21(17)24-14)19-12-15(10-11-23-19)13-22(2,3)4;1-12-11-13(2)20-17-15(12)9-6-10-16(17)19-18(20)14-7-4-3-5-8-14;/h5-6,8-12H,13H2,1-4H3;3-7,9-11,13H,1-2H3;/q2*-1;/i1D3,13D2;;. The number of fused-ring (bicyclic) bond motifs is 3. The average Bonchev–Trinajstić information content (AvgIpc) is 3.66. The molecule has 1 unspecified atom stereocenters. The van der Waals surface area contributed by atoms with Crippen LogP contribution in [0.25, 0.3) is 61.3 Å². The van der Waals surface area contributed by atoms with Gasteiger partial charge in [-0.3, -0.25) is 4.98 Å². The topological polar surface area (TPSA) is 56.7 Å². The second kappa shape index (κ2) is 12.4. The first-order valence-electron chi connectivity index (χ1n) is 17.5. The zero-order valence-electron chi connectivity index (χ0n) is 31.3. The van der Waals surface area contributed by atoms with Gasteiger partial charge in [0.2, 0.25) is 5.71 Å². The molecular weight excluding hydrogens is 745 g/mol. The van der Waals surface area contributed by atoms with E-state index in [2.05, 4.69) is 70.9 Å². The van der Waals surface area contributed by atoms with Gasteiger partial charge in [0.05, 0.1) is 22.4 Å². The molecular formula is C40H36IrN4O-2. The fraction of sp³-hybridized carbons (Fsp3) is 0.225. The number of para-hydroxylation sites is 1. The fourth-order valence-electron chi connectivity index (χ4n) is 6.00. The molecule has 0 bridgehead atoms. The number of allylic oxidation sites excluding steroid dienone is 2. The maximum atomic E-state index is 8.55. The minimum Gasteiger partial charge on any atom is -0.486 e. The zero-order valence-corrected chi connectivity index (χ0v) is 28.7. The molecule has 7 aromatic rings. The molecule has 0 N–H and O–H groups in total. The average molecular weight is 786 g/mol. The van der Waals surface area contributed by atoms with Crippen LogP contribution in [-0.4, -0.2) is 19.5 Å². The van der Waals surface area contributed by atoms with Gasteiger partial charge in [0, 0.05) is 55.8 Å². The number of pyridine rings is 2. The van der Waals surface area contributed by atoms with E-state index in [0.717, 1.165) is 22.3 Å². The second-order valence-corrected chi connectivity index (χ2v) is 12.4. The van der Waals surface area contributed by atoms with Crippen molar-refractivity contribution in [3.05, 3.63) is 120 Å². The van der Waals surface area contributed by atoms with Crippen molar-refractivity contribution in [1.29, 1.82) is 0 Å². The van der Waals surface area contributed by atoms with E-state index in [1.165, 1.54) is 22.7 Å². The predicted octanol–water partition coefficient (Wildman–Crippen LogP) is 10.2. The summed E-state index contributed by atoms with van der Waals surface area (Å²) in [6.45, 7) is 7.63. The number of furan rings is 1. The maximum absolute atomic E-state index is 8.55. The van der Waals surface area contributed by atoms with E-state index in [9.17, 15) is 0 Å². The van der Waals surface area contributed by atoms with E-state index in [1.54, 1.807) is 30.5 Å². The Morgan fingerprint density at radius 2 is 1.85 bits per heavy atom. The summed E-state index contributed by atoms with van der Waals surface area (Å²) >= 11 is 0. The molecule has 1 atom stereocenters. The van der Waals surface area contributed by atoms with Gasteiger partial charge in [-0.25, -0.2) is 4.98 Å². The summed E-state index contributed by atoms with van der Waals surface area (Å²) in [4.78, 5) is 13.4. The quantitative estimate of drug-likeness (QED) is 0.168. The van der Waals surface area contributed by atoms with Gasteiger partial charge in [-0.15, -0.1) is 54.1 Å². The zero-order chi connectivity index (χ0) is 35.6. The van der Waals surface area contributed by atoms with Gasteiger partial charge in [0.25, 0.3) is 0 Å². The molecule has 5 heterocycles. The minimum absolute atomic E-state index is 0. The van der Waals surface area contributed by atoms with Crippen LogP contribution in [0.15, 0.2) is 95.6 Å². The van der Waals surface area contributed by atoms with Crippen molar-refractivity contribution in [3.63, 3.8) is 0 Å². The summed E-state index contributed by atoms with van der Waals surface area (Å²) in [6, 6.07) is 31.3. The maximum Gasteiger partial charge on any atom is 0.216 e. The van der Waals surface area contributed by atoms with E-state index in [-0.39, 0.29) is 31.5 Å². The number of imidazole rings is 1. The molecule has 6 heteroatoms. The Labute approximate surface area is 290 Å². The molecule has 8 rings (SSSR count). The van der Waals surface area contributed by atoms with E-state index in [1.807, 2.05) is 45.0 Å². The Hall–Kier alpha value is -4.38. The fourth-order valence-corrected chi connectivity index (χ4v) is 6.00. The first-order chi connectivity index (χ1) is 23.6. The van der Waals surface area contributed by atoms with Crippen LogP contribution in [0.2, 0.25) is 0 Å². The van der Waals surface area contributed by atoms with Crippen molar-refractivity contribution in [2.45, 2.75) is 53.9 Å². The Kier molecular flexibility index (Phi) is 6.96. The molecule has 0 amide bonds. The van der Waals surface area contributed by atoms with E-state index in [0.29, 0.717) is 33.8 Å². The number of hydrogen-bond donors (Lipinski definition) is 0. The van der Waals surface area contributed by atoms with E-state index < -0.39 is 18.6 Å². The van der Waals surface area contributed by atoms with Gasteiger partial charge in [0.15, 0.2) is 0 Å². The number of aromatic nitrogens is 4. The van der Waals surface area contributed by atoms with Crippen molar-refractivity contribution < 1.29 is 31.4 Å². The summed E-state index contributed by atoms with van der Waals surface area (Å²) in [5.74, 6) is 1.00. The third-order valence-electron chi connectivity index (χ3n) is 7.82. The number of rotatable bonds is 3. The molecule has 5 nitrogen and oxygen atoms in total. The summed E-state index contributed by atoms with van der Waals surface area (Å²) in [5.41, 5.74) is 7.70. The molecule has 0 saturated heterocycles. The van der Waals surface area contributed by atoms with Crippen LogP contribution >= 0.6 is 0 Å². The monoisotopic (exact) mass is 786 g/mol. The van der Waals surface area contributed by atoms with Gasteiger partial charge in [0.1, 0.15) is 0 Å². The number of hydrogen-bond acceptors (Lipinski definition) is 4. The summed E-state index contributed by atoms with van der Waals surface area (Å²) in [7, 11) is 0. The molecule has 1 radical (unpaired) electrons. The van der Waals surface area contributed by atoms with Crippen LogP contribution in [0.3, 0.4) is 0 Å². The molecule has 3 aromatic carbocycles. The largest absolute Gasteiger partial charge is 0.486 e. The molecule has 1 aliphatic heterocycles. The smallest absolute Gasteiger partial charge is 0.216 e. The number of benzene rings is 3. The van der Waals surface area contributed by atoms with Gasteiger partial charge in [-0.2, -0.15) is 0 Å². The van der Waals surface area contributed by atoms with Gasteiger partial charge < -0.3 is 14.0 Å². The van der Waals surface area contributed by atoms with Crippen molar-refractivity contribution in [2.75, 3.05) is 0 Å². The first-order valence-corrected chi connectivity index (χ1v) is 15.0. The normalized spacial score (nSPS) is 16.3. The SMILES string of the molecule is CC1=CC(C)n2c(-c3[c-]cccc3)nc3cccc1c32.[2H]C([2H])([2H])c1ccc2c(n1)oc1c(-c3cc(C([2H])([2H])C(C)(C)C)ccn3)[c-]ccc12.[Ir]. The molecule has 4 aromatic heterocycles. The Morgan fingerprint density at radius 1 is 0.978 bits per heavy atom. The van der Waals surface area contributed by atoms with Crippen LogP contribution in [0.5, 0.6) is 0 Å². The van der Waals surface area contributed by atoms with Gasteiger partial charge in [-0.1, -0.05) is 61.6 Å². The van der Waals surface area contributed by atoms with Crippen molar-refractivity contribution in [1.82, 2.24) is 19.5 Å². The summed E-state index contributed by atoms with van der Waals surface area (Å²) < 4.78 is 48.1. The predicted molar refractivity (Wildman–Crippen MR) is 184 cm³/mol. The molecule has 46 heavy (non-hydrogen) atoms. The van der Waals surface area contributed by atoms with Crippen LogP contribution < -0.4 is 0 Å². The third kappa shape index (κ3) is 5.95. The molecule has 0 fully saturated rings. The van der Waals surface area contributed by atoms with Crippen molar-refractivity contribution >= 4 is 38.7 Å². The van der Waals surface area contributed by atoms with Gasteiger partial charge in [-0.05, 0) is 68.0 Å². The summed E-state index contributed by atoms with van der Waals surface area (Å²) in [5, 5.41) is 1.48. The van der Waals surface area contributed by atoms with Crippen LogP contribution in [0, 0.1) is 24.4 Å². The Bertz CT molecular complexity index is 2420. The number of nitrogens with zero attached hydrogens (tertiary/aromatic N) is 4. The molecule has 1 aliphatic rings. The summed E-state index contributed by atoms with van der Waals surface area (Å²) in [6.07, 6.45) is 2.31. The van der Waals surface area contributed by atoms with Crippen LogP contribution in [0.1, 0.15) is 64.3 Å². The molecule has 233 valence electrons. The molecule has 0 saturated carbocycles. The first kappa shape index (κ1) is 25.8. The van der Waals surface area contributed by atoms with E-state index in [4.69, 9.17) is 16.3 Å². The third-order valence-corrected chi connectivity index (χ3v) is 7.82.